The zero-order chi connectivity index (χ0) is 16.2. The van der Waals surface area contributed by atoms with Gasteiger partial charge >= 0.3 is 0 Å². The minimum absolute atomic E-state index is 0.602. The minimum atomic E-state index is 0.602. The van der Waals surface area contributed by atoms with Gasteiger partial charge in [0.25, 0.3) is 0 Å². The Bertz CT molecular complexity index is 944. The number of hydrogen-bond donors (Lipinski definition) is 0. The van der Waals surface area contributed by atoms with E-state index in [2.05, 4.69) is 30.8 Å². The average Bonchev–Trinajstić information content (AvgIpc) is 3.36. The fraction of sp³-hybridized carbons (Fsp3) is 0. The van der Waals surface area contributed by atoms with Gasteiger partial charge in [-0.25, -0.2) is 4.68 Å². The summed E-state index contributed by atoms with van der Waals surface area (Å²) < 4.78 is 8.83. The highest BCUT2D eigenvalue weighted by Crippen LogP contribution is 2.28. The van der Waals surface area contributed by atoms with E-state index in [-0.39, 0.29) is 0 Å². The third-order valence-electron chi connectivity index (χ3n) is 2.96. The Morgan fingerprint density at radius 3 is 2.71 bits per heavy atom. The Morgan fingerprint density at radius 1 is 1.04 bits per heavy atom. The van der Waals surface area contributed by atoms with Gasteiger partial charge in [0.15, 0.2) is 5.09 Å². The quantitative estimate of drug-likeness (QED) is 0.512. The lowest BCUT2D eigenvalue weighted by molar-refractivity contribution is 0.467. The predicted molar refractivity (Wildman–Crippen MR) is 85.0 cm³/mol. The number of benzene rings is 1. The lowest BCUT2D eigenvalue weighted by Gasteiger charge is -2.01. The van der Waals surface area contributed by atoms with E-state index in [1.165, 1.54) is 29.1 Å². The van der Waals surface area contributed by atoms with Crippen LogP contribution in [0.3, 0.4) is 0 Å². The number of hydrogen-bond acceptors (Lipinski definition) is 8. The highest BCUT2D eigenvalue weighted by Gasteiger charge is 2.12. The van der Waals surface area contributed by atoms with Gasteiger partial charge in [0.1, 0.15) is 18.4 Å². The minimum Gasteiger partial charge on any atom is -0.448 e. The molecule has 118 valence electrons. The molecular formula is C14H10N8OS. The van der Waals surface area contributed by atoms with Crippen molar-refractivity contribution in [2.75, 3.05) is 0 Å². The molecule has 0 aliphatic carbocycles. The highest BCUT2D eigenvalue weighted by molar-refractivity contribution is 7.99. The van der Waals surface area contributed by atoms with Crippen LogP contribution in [0.5, 0.6) is 0 Å². The van der Waals surface area contributed by atoms with Crippen molar-refractivity contribution >= 4 is 18.0 Å². The first kappa shape index (κ1) is 14.3. The molecule has 0 atom stereocenters. The number of aromatic nitrogens is 7. The van der Waals surface area contributed by atoms with Gasteiger partial charge < -0.3 is 4.42 Å². The normalized spacial score (nSPS) is 11.3. The van der Waals surface area contributed by atoms with Crippen LogP contribution in [0.1, 0.15) is 5.76 Å². The zero-order valence-corrected chi connectivity index (χ0v) is 13.0. The second kappa shape index (κ2) is 6.46. The van der Waals surface area contributed by atoms with Crippen LogP contribution in [0.2, 0.25) is 0 Å². The summed E-state index contributed by atoms with van der Waals surface area (Å²) >= 11 is 1.33. The summed E-state index contributed by atoms with van der Waals surface area (Å²) in [6, 6.07) is 13.3. The van der Waals surface area contributed by atoms with Crippen molar-refractivity contribution in [3.05, 3.63) is 60.9 Å². The first-order valence-corrected chi connectivity index (χ1v) is 7.70. The molecule has 24 heavy (non-hydrogen) atoms. The van der Waals surface area contributed by atoms with Crippen LogP contribution in [-0.2, 0) is 0 Å². The van der Waals surface area contributed by atoms with E-state index in [9.17, 15) is 0 Å². The Kier molecular flexibility index (Phi) is 3.86. The molecule has 0 unspecified atom stereocenters. The van der Waals surface area contributed by atoms with Crippen molar-refractivity contribution in [2.45, 2.75) is 10.2 Å². The second-order valence-corrected chi connectivity index (χ2v) is 5.53. The van der Waals surface area contributed by atoms with Gasteiger partial charge in [-0.15, -0.1) is 15.3 Å². The van der Waals surface area contributed by atoms with Crippen LogP contribution in [0.4, 0.5) is 0 Å². The molecular weight excluding hydrogens is 328 g/mol. The van der Waals surface area contributed by atoms with Gasteiger partial charge in [-0.1, -0.05) is 18.2 Å². The molecule has 0 aliphatic rings. The lowest BCUT2D eigenvalue weighted by atomic mass is 10.3. The van der Waals surface area contributed by atoms with Crippen LogP contribution in [0.25, 0.3) is 5.69 Å². The summed E-state index contributed by atoms with van der Waals surface area (Å²) in [5.41, 5.74) is 0.881. The van der Waals surface area contributed by atoms with Crippen molar-refractivity contribution in [1.29, 1.82) is 0 Å². The third-order valence-corrected chi connectivity index (χ3v) is 3.82. The van der Waals surface area contributed by atoms with Crippen LogP contribution in [-0.4, -0.2) is 41.3 Å². The lowest BCUT2D eigenvalue weighted by Crippen LogP contribution is -1.97. The molecule has 0 radical (unpaired) electrons. The summed E-state index contributed by atoms with van der Waals surface area (Å²) in [5, 5.41) is 24.5. The van der Waals surface area contributed by atoms with E-state index in [1.807, 2.05) is 42.5 Å². The number of para-hydroxylation sites is 1. The molecule has 0 saturated heterocycles. The summed E-state index contributed by atoms with van der Waals surface area (Å²) in [7, 11) is 0. The summed E-state index contributed by atoms with van der Waals surface area (Å²) in [4.78, 5) is 0. The maximum absolute atomic E-state index is 5.70. The molecule has 0 saturated carbocycles. The van der Waals surface area contributed by atoms with Gasteiger partial charge in [0.2, 0.25) is 5.16 Å². The van der Waals surface area contributed by atoms with Crippen LogP contribution >= 0.6 is 11.8 Å². The fourth-order valence-electron chi connectivity index (χ4n) is 1.90. The molecule has 10 heteroatoms. The van der Waals surface area contributed by atoms with Gasteiger partial charge in [-0.3, -0.25) is 0 Å². The van der Waals surface area contributed by atoms with E-state index >= 15 is 0 Å². The number of furan rings is 1. The third kappa shape index (κ3) is 3.08. The zero-order valence-electron chi connectivity index (χ0n) is 12.2. The SMILES string of the molecule is C(=Nn1cnnc1)c1ccc(Sc2nnnn2-c2ccccc2)o1. The molecule has 3 aromatic heterocycles. The topological polar surface area (TPSA) is 99.8 Å². The molecule has 0 amide bonds. The standard InChI is InChI=1S/C14H10N8OS/c1-2-4-11(5-3-1)22-14(18-19-20-22)24-13-7-6-12(23-13)8-17-21-9-15-16-10-21/h1-10H. The van der Waals surface area contributed by atoms with E-state index < -0.39 is 0 Å². The van der Waals surface area contributed by atoms with Gasteiger partial charge in [-0.05, 0) is 46.5 Å². The highest BCUT2D eigenvalue weighted by atomic mass is 32.2. The van der Waals surface area contributed by atoms with Crippen molar-refractivity contribution in [3.63, 3.8) is 0 Å². The predicted octanol–water partition coefficient (Wildman–Crippen LogP) is 1.88. The van der Waals surface area contributed by atoms with Gasteiger partial charge in [0.05, 0.1) is 11.9 Å². The molecule has 0 bridgehead atoms. The monoisotopic (exact) mass is 338 g/mol. The van der Waals surface area contributed by atoms with Crippen molar-refractivity contribution in [1.82, 2.24) is 35.1 Å². The molecule has 4 rings (SSSR count). The van der Waals surface area contributed by atoms with Crippen molar-refractivity contribution < 1.29 is 4.42 Å². The smallest absolute Gasteiger partial charge is 0.221 e. The number of tetrazole rings is 1. The number of nitrogens with zero attached hydrogens (tertiary/aromatic N) is 8. The first-order valence-electron chi connectivity index (χ1n) is 6.89. The van der Waals surface area contributed by atoms with Gasteiger partial charge in [0, 0.05) is 0 Å². The first-order chi connectivity index (χ1) is 11.9. The Labute approximate surface area is 140 Å². The average molecular weight is 338 g/mol. The molecule has 0 spiro atoms. The van der Waals surface area contributed by atoms with E-state index in [0.717, 1.165) is 5.69 Å². The van der Waals surface area contributed by atoms with Gasteiger partial charge in [-0.2, -0.15) is 9.78 Å². The van der Waals surface area contributed by atoms with E-state index in [1.54, 1.807) is 10.9 Å². The van der Waals surface area contributed by atoms with Crippen LogP contribution < -0.4 is 0 Å². The Morgan fingerprint density at radius 2 is 1.88 bits per heavy atom. The van der Waals surface area contributed by atoms with Crippen molar-refractivity contribution in [3.8, 4) is 5.69 Å². The molecule has 0 fully saturated rings. The molecule has 3 heterocycles. The molecule has 0 N–H and O–H groups in total. The molecule has 4 aromatic rings. The number of rotatable bonds is 5. The maximum atomic E-state index is 5.70. The maximum Gasteiger partial charge on any atom is 0.221 e. The van der Waals surface area contributed by atoms with Crippen LogP contribution in [0, 0.1) is 0 Å². The van der Waals surface area contributed by atoms with Crippen LogP contribution in [0.15, 0.2) is 74.9 Å². The Hall–Kier alpha value is -3.27. The largest absolute Gasteiger partial charge is 0.448 e. The van der Waals surface area contributed by atoms with E-state index in [4.69, 9.17) is 4.42 Å². The summed E-state index contributed by atoms with van der Waals surface area (Å²) in [6.07, 6.45) is 4.56. The molecule has 1 aromatic carbocycles. The fourth-order valence-corrected chi connectivity index (χ4v) is 2.66. The summed E-state index contributed by atoms with van der Waals surface area (Å²) in [5.74, 6) is 0.602. The Balaban J connectivity index is 1.52. The van der Waals surface area contributed by atoms with Crippen molar-refractivity contribution in [2.24, 2.45) is 5.10 Å². The molecule has 9 nitrogen and oxygen atoms in total. The van der Waals surface area contributed by atoms with E-state index in [0.29, 0.717) is 16.0 Å². The summed E-state index contributed by atoms with van der Waals surface area (Å²) in [6.45, 7) is 0. The molecule has 0 aliphatic heterocycles. The second-order valence-electron chi connectivity index (χ2n) is 4.55.